The molecule has 1 saturated heterocycles. The summed E-state index contributed by atoms with van der Waals surface area (Å²) in [6.07, 6.45) is 3.20. The minimum absolute atomic E-state index is 0.0121. The summed E-state index contributed by atoms with van der Waals surface area (Å²) in [6, 6.07) is -2.08. The largest absolute Gasteiger partial charge is 0.391 e. The normalized spacial score (nSPS) is 22.8. The van der Waals surface area contributed by atoms with E-state index < -0.39 is 24.0 Å². The first-order valence-electron chi connectivity index (χ1n) is 8.66. The van der Waals surface area contributed by atoms with Gasteiger partial charge in [0.15, 0.2) is 0 Å². The molecule has 0 aromatic rings. The molecule has 1 aliphatic rings. The number of rotatable bonds is 6. The van der Waals surface area contributed by atoms with Gasteiger partial charge in [-0.15, -0.1) is 0 Å². The van der Waals surface area contributed by atoms with Crippen LogP contribution in [0, 0.1) is 0 Å². The maximum absolute atomic E-state index is 12.8. The fraction of sp³-hybridized carbons (Fsp3) is 0.800. The van der Waals surface area contributed by atoms with E-state index in [9.17, 15) is 14.4 Å². The lowest BCUT2D eigenvalue weighted by atomic mass is 10.0. The maximum Gasteiger partial charge on any atom is 0.304 e. The van der Waals surface area contributed by atoms with Crippen LogP contribution in [-0.4, -0.2) is 74.0 Å². The Kier molecular flexibility index (Phi) is 8.70. The molecule has 0 saturated carbocycles. The van der Waals surface area contributed by atoms with Gasteiger partial charge in [-0.1, -0.05) is 19.8 Å². The van der Waals surface area contributed by atoms with Crippen molar-refractivity contribution in [1.82, 2.24) is 25.8 Å². The molecule has 1 aliphatic heterocycles. The lowest BCUT2D eigenvalue weighted by Crippen LogP contribution is -2.63. The van der Waals surface area contributed by atoms with Crippen molar-refractivity contribution in [2.24, 2.45) is 5.84 Å². The summed E-state index contributed by atoms with van der Waals surface area (Å²) in [4.78, 5) is 38.3. The fourth-order valence-electron chi connectivity index (χ4n) is 2.73. The molecule has 25 heavy (non-hydrogen) atoms. The monoisotopic (exact) mass is 352 g/mol. The molecule has 0 aromatic heterocycles. The number of urea groups is 1. The highest BCUT2D eigenvalue weighted by Crippen LogP contribution is 2.15. The molecular formula is C15H29BN6O3. The lowest BCUT2D eigenvalue weighted by molar-refractivity contribution is -0.140. The van der Waals surface area contributed by atoms with Crippen LogP contribution in [0.2, 0.25) is 0 Å². The van der Waals surface area contributed by atoms with Crippen LogP contribution in [0.15, 0.2) is 0 Å². The minimum atomic E-state index is -0.921. The molecule has 2 radical (unpaired) electrons. The average molecular weight is 352 g/mol. The predicted molar refractivity (Wildman–Crippen MR) is 95.3 cm³/mol. The minimum Gasteiger partial charge on any atom is -0.391 e. The van der Waals surface area contributed by atoms with Gasteiger partial charge in [-0.3, -0.25) is 19.4 Å². The van der Waals surface area contributed by atoms with Gasteiger partial charge in [0.2, 0.25) is 13.9 Å². The molecule has 0 bridgehead atoms. The number of carbonyl (C=O) groups is 3. The van der Waals surface area contributed by atoms with E-state index in [4.69, 9.17) is 13.8 Å². The standard InChI is InChI=1S/C15H29BN6O3/c1-4-5-6-11-7-8-21(15(25)20-16)9-12(14(24)22(11)17)19-13(23)10(2)18-3/h10-12,18H,4-9,17H2,1-3H3,(H,19,23)(H,20,25)/t10-,11+,12-/m0/s1. The number of hydrogen-bond acceptors (Lipinski definition) is 5. The number of nitrogens with two attached hydrogens (primary N) is 1. The SMILES string of the molecule is [B]NC(=O)N1CC[C@@H](CCCC)N(N)C(=O)[C@@H](NC(=O)[C@H](C)NC)C1. The molecule has 0 aliphatic carbocycles. The van der Waals surface area contributed by atoms with E-state index in [2.05, 4.69) is 22.8 Å². The van der Waals surface area contributed by atoms with Crippen molar-refractivity contribution in [2.75, 3.05) is 20.1 Å². The maximum atomic E-state index is 12.8. The second kappa shape index (κ2) is 10.2. The van der Waals surface area contributed by atoms with E-state index in [1.54, 1.807) is 14.0 Å². The van der Waals surface area contributed by atoms with Crippen molar-refractivity contribution in [2.45, 2.75) is 57.7 Å². The third-order valence-corrected chi connectivity index (χ3v) is 4.53. The van der Waals surface area contributed by atoms with Gasteiger partial charge in [-0.05, 0) is 26.8 Å². The van der Waals surface area contributed by atoms with Gasteiger partial charge >= 0.3 is 6.03 Å². The van der Waals surface area contributed by atoms with Gasteiger partial charge < -0.3 is 20.8 Å². The van der Waals surface area contributed by atoms with Crippen LogP contribution in [-0.2, 0) is 9.59 Å². The molecule has 5 N–H and O–H groups in total. The third-order valence-electron chi connectivity index (χ3n) is 4.53. The molecule has 1 rings (SSSR count). The first-order valence-corrected chi connectivity index (χ1v) is 8.66. The van der Waals surface area contributed by atoms with E-state index in [0.717, 1.165) is 19.3 Å². The summed E-state index contributed by atoms with van der Waals surface area (Å²) in [7, 11) is 6.87. The Labute approximate surface area is 150 Å². The Morgan fingerprint density at radius 3 is 2.68 bits per heavy atom. The fourth-order valence-corrected chi connectivity index (χ4v) is 2.73. The highest BCUT2D eigenvalue weighted by atomic mass is 16.2. The molecule has 0 unspecified atom stereocenters. The van der Waals surface area contributed by atoms with Gasteiger partial charge in [0.05, 0.1) is 12.6 Å². The number of hydrogen-bond donors (Lipinski definition) is 4. The Morgan fingerprint density at radius 1 is 1.44 bits per heavy atom. The molecular weight excluding hydrogens is 323 g/mol. The van der Waals surface area contributed by atoms with Crippen molar-refractivity contribution >= 4 is 25.8 Å². The highest BCUT2D eigenvalue weighted by Gasteiger charge is 2.34. The van der Waals surface area contributed by atoms with E-state index >= 15 is 0 Å². The molecule has 10 heteroatoms. The quantitative estimate of drug-likeness (QED) is 0.273. The van der Waals surface area contributed by atoms with Crippen molar-refractivity contribution < 1.29 is 14.4 Å². The zero-order valence-corrected chi connectivity index (χ0v) is 15.2. The molecule has 0 spiro atoms. The second-order valence-corrected chi connectivity index (χ2v) is 6.30. The molecule has 3 atom stereocenters. The zero-order chi connectivity index (χ0) is 19.0. The molecule has 140 valence electrons. The van der Waals surface area contributed by atoms with Gasteiger partial charge in [0.1, 0.15) is 6.04 Å². The Balaban J connectivity index is 2.98. The molecule has 4 amide bonds. The van der Waals surface area contributed by atoms with Crippen LogP contribution in [0.25, 0.3) is 0 Å². The van der Waals surface area contributed by atoms with Gasteiger partial charge in [0, 0.05) is 12.6 Å². The Bertz CT molecular complexity index is 478. The lowest BCUT2D eigenvalue weighted by Gasteiger charge is -2.37. The smallest absolute Gasteiger partial charge is 0.304 e. The van der Waals surface area contributed by atoms with Crippen LogP contribution < -0.4 is 21.7 Å². The van der Waals surface area contributed by atoms with Crippen molar-refractivity contribution in [3.63, 3.8) is 0 Å². The van der Waals surface area contributed by atoms with Crippen LogP contribution in [0.3, 0.4) is 0 Å². The summed E-state index contributed by atoms with van der Waals surface area (Å²) in [6.45, 7) is 4.14. The van der Waals surface area contributed by atoms with Crippen LogP contribution in [0.4, 0.5) is 4.79 Å². The summed E-state index contributed by atoms with van der Waals surface area (Å²) >= 11 is 0. The molecule has 0 aromatic carbocycles. The zero-order valence-electron chi connectivity index (χ0n) is 15.2. The highest BCUT2D eigenvalue weighted by molar-refractivity contribution is 6.13. The first kappa shape index (κ1) is 21.2. The van der Waals surface area contributed by atoms with E-state index in [0.29, 0.717) is 13.0 Å². The van der Waals surface area contributed by atoms with Crippen LogP contribution >= 0.6 is 0 Å². The van der Waals surface area contributed by atoms with E-state index in [1.165, 1.54) is 9.91 Å². The summed E-state index contributed by atoms with van der Waals surface area (Å²) in [5, 5.41) is 8.77. The van der Waals surface area contributed by atoms with Crippen molar-refractivity contribution in [3.8, 4) is 0 Å². The molecule has 9 nitrogen and oxygen atoms in total. The van der Waals surface area contributed by atoms with E-state index in [1.807, 2.05) is 0 Å². The summed E-state index contributed by atoms with van der Waals surface area (Å²) in [5.41, 5.74) is 0. The molecule has 1 fully saturated rings. The number of nitrogens with one attached hydrogen (secondary N) is 3. The van der Waals surface area contributed by atoms with Crippen molar-refractivity contribution in [3.05, 3.63) is 0 Å². The van der Waals surface area contributed by atoms with Gasteiger partial charge in [0.25, 0.3) is 5.91 Å². The van der Waals surface area contributed by atoms with Gasteiger partial charge in [-0.25, -0.2) is 5.84 Å². The number of likely N-dealkylation sites (N-methyl/N-ethyl adjacent to an activating group) is 1. The van der Waals surface area contributed by atoms with E-state index in [-0.39, 0.29) is 18.5 Å². The third kappa shape index (κ3) is 5.89. The molecule has 1 heterocycles. The summed E-state index contributed by atoms with van der Waals surface area (Å²) in [5.74, 6) is 5.28. The number of carbonyl (C=O) groups excluding carboxylic acids is 3. The number of nitrogens with zero attached hydrogens (tertiary/aromatic N) is 2. The number of amides is 4. The average Bonchev–Trinajstić information content (AvgIpc) is 2.62. The Morgan fingerprint density at radius 2 is 2.12 bits per heavy atom. The van der Waals surface area contributed by atoms with Crippen molar-refractivity contribution in [1.29, 1.82) is 0 Å². The van der Waals surface area contributed by atoms with Crippen LogP contribution in [0.1, 0.15) is 39.5 Å². The topological polar surface area (TPSA) is 120 Å². The summed E-state index contributed by atoms with van der Waals surface area (Å²) < 4.78 is 0. The first-order chi connectivity index (χ1) is 11.8. The van der Waals surface area contributed by atoms with Crippen LogP contribution in [0.5, 0.6) is 0 Å². The Hall–Kier alpha value is -1.81. The number of hydrazine groups is 1. The number of unbranched alkanes of at least 4 members (excludes halogenated alkanes) is 1. The van der Waals surface area contributed by atoms with Gasteiger partial charge in [-0.2, -0.15) is 0 Å². The predicted octanol–water partition coefficient (Wildman–Crippen LogP) is -1.16. The second-order valence-electron chi connectivity index (χ2n) is 6.30.